The Bertz CT molecular complexity index is 614. The van der Waals surface area contributed by atoms with E-state index in [4.69, 9.17) is 18.0 Å². The number of carbonyl (C=O) groups excluding carboxylic acids is 1. The zero-order chi connectivity index (χ0) is 14.4. The molecule has 0 saturated carbocycles. The average Bonchev–Trinajstić information content (AvgIpc) is 2.45. The highest BCUT2D eigenvalue weighted by molar-refractivity contribution is 7.80. The standard InChI is InChI=1S/C15H15N3OS/c16-14(20)9-12-2-1-3-13(8-12)15(19)18-10-11-4-6-17-7-5-11/h1-8H,9-10H2,(H2,16,20)(H,18,19). The first-order chi connectivity index (χ1) is 9.65. The fourth-order valence-corrected chi connectivity index (χ4v) is 1.98. The van der Waals surface area contributed by atoms with Gasteiger partial charge in [0.05, 0.1) is 4.99 Å². The van der Waals surface area contributed by atoms with Gasteiger partial charge in [0, 0.05) is 30.9 Å². The van der Waals surface area contributed by atoms with E-state index in [1.807, 2.05) is 24.3 Å². The highest BCUT2D eigenvalue weighted by Gasteiger charge is 2.06. The van der Waals surface area contributed by atoms with Crippen LogP contribution in [0.5, 0.6) is 0 Å². The van der Waals surface area contributed by atoms with Crippen LogP contribution >= 0.6 is 12.2 Å². The fraction of sp³-hybridized carbons (Fsp3) is 0.133. The number of nitrogens with one attached hydrogen (secondary N) is 1. The van der Waals surface area contributed by atoms with Crippen LogP contribution in [0.2, 0.25) is 0 Å². The molecule has 0 spiro atoms. The maximum Gasteiger partial charge on any atom is 0.251 e. The molecule has 0 radical (unpaired) electrons. The van der Waals surface area contributed by atoms with Gasteiger partial charge in [-0.1, -0.05) is 24.4 Å². The molecule has 1 amide bonds. The maximum absolute atomic E-state index is 12.1. The van der Waals surface area contributed by atoms with Crippen molar-refractivity contribution in [2.75, 3.05) is 0 Å². The molecular weight excluding hydrogens is 270 g/mol. The van der Waals surface area contributed by atoms with Gasteiger partial charge in [-0.25, -0.2) is 0 Å². The van der Waals surface area contributed by atoms with E-state index >= 15 is 0 Å². The molecule has 0 atom stereocenters. The monoisotopic (exact) mass is 285 g/mol. The molecule has 0 saturated heterocycles. The summed E-state index contributed by atoms with van der Waals surface area (Å²) < 4.78 is 0. The van der Waals surface area contributed by atoms with Crippen molar-refractivity contribution in [3.63, 3.8) is 0 Å². The molecule has 2 aromatic rings. The summed E-state index contributed by atoms with van der Waals surface area (Å²) in [6.45, 7) is 0.473. The van der Waals surface area contributed by atoms with E-state index in [9.17, 15) is 4.79 Å². The van der Waals surface area contributed by atoms with Crippen LogP contribution in [0.4, 0.5) is 0 Å². The van der Waals surface area contributed by atoms with Crippen molar-refractivity contribution in [2.45, 2.75) is 13.0 Å². The second-order valence-corrected chi connectivity index (χ2v) is 4.91. The maximum atomic E-state index is 12.1. The summed E-state index contributed by atoms with van der Waals surface area (Å²) in [7, 11) is 0. The third kappa shape index (κ3) is 4.13. The predicted molar refractivity (Wildman–Crippen MR) is 82.3 cm³/mol. The van der Waals surface area contributed by atoms with Crippen LogP contribution < -0.4 is 11.1 Å². The molecule has 0 aliphatic heterocycles. The van der Waals surface area contributed by atoms with Gasteiger partial charge in [0.15, 0.2) is 0 Å². The average molecular weight is 285 g/mol. The molecule has 4 nitrogen and oxygen atoms in total. The lowest BCUT2D eigenvalue weighted by atomic mass is 10.1. The quantitative estimate of drug-likeness (QED) is 0.823. The van der Waals surface area contributed by atoms with E-state index < -0.39 is 0 Å². The molecule has 1 heterocycles. The van der Waals surface area contributed by atoms with E-state index in [0.29, 0.717) is 23.5 Å². The number of hydrogen-bond donors (Lipinski definition) is 2. The van der Waals surface area contributed by atoms with E-state index in [0.717, 1.165) is 11.1 Å². The lowest BCUT2D eigenvalue weighted by Crippen LogP contribution is -2.23. The third-order valence-electron chi connectivity index (χ3n) is 2.77. The Kier molecular flexibility index (Phi) is 4.79. The predicted octanol–water partition coefficient (Wildman–Crippen LogP) is 1.84. The molecule has 2 rings (SSSR count). The number of rotatable bonds is 5. The van der Waals surface area contributed by atoms with Crippen molar-refractivity contribution in [3.05, 3.63) is 65.5 Å². The molecular formula is C15H15N3OS. The Hall–Kier alpha value is -2.27. The Labute approximate surface area is 123 Å². The summed E-state index contributed by atoms with van der Waals surface area (Å²) in [4.78, 5) is 16.4. The summed E-state index contributed by atoms with van der Waals surface area (Å²) in [5.41, 5.74) is 8.06. The van der Waals surface area contributed by atoms with Gasteiger partial charge in [-0.05, 0) is 35.4 Å². The summed E-state index contributed by atoms with van der Waals surface area (Å²) in [5.74, 6) is -0.119. The van der Waals surface area contributed by atoms with Crippen LogP contribution in [-0.2, 0) is 13.0 Å². The van der Waals surface area contributed by atoms with Crippen molar-refractivity contribution in [2.24, 2.45) is 5.73 Å². The molecule has 0 aliphatic carbocycles. The Morgan fingerprint density at radius 1 is 1.20 bits per heavy atom. The number of pyridine rings is 1. The van der Waals surface area contributed by atoms with Gasteiger partial charge in [-0.15, -0.1) is 0 Å². The Morgan fingerprint density at radius 3 is 2.65 bits per heavy atom. The van der Waals surface area contributed by atoms with Crippen LogP contribution in [0.1, 0.15) is 21.5 Å². The molecule has 102 valence electrons. The normalized spacial score (nSPS) is 10.0. The van der Waals surface area contributed by atoms with Crippen molar-refractivity contribution < 1.29 is 4.79 Å². The zero-order valence-corrected chi connectivity index (χ0v) is 11.7. The van der Waals surface area contributed by atoms with Crippen molar-refractivity contribution >= 4 is 23.1 Å². The first kappa shape index (κ1) is 14.1. The van der Waals surface area contributed by atoms with Gasteiger partial charge in [0.1, 0.15) is 0 Å². The number of benzene rings is 1. The smallest absolute Gasteiger partial charge is 0.251 e. The van der Waals surface area contributed by atoms with Gasteiger partial charge in [-0.2, -0.15) is 0 Å². The van der Waals surface area contributed by atoms with Gasteiger partial charge in [-0.3, -0.25) is 9.78 Å². The largest absolute Gasteiger partial charge is 0.393 e. The molecule has 20 heavy (non-hydrogen) atoms. The number of nitrogens with two attached hydrogens (primary N) is 1. The summed E-state index contributed by atoms with van der Waals surface area (Å²) in [6, 6.07) is 11.0. The minimum Gasteiger partial charge on any atom is -0.393 e. The minimum absolute atomic E-state index is 0.119. The molecule has 0 fully saturated rings. The van der Waals surface area contributed by atoms with Gasteiger partial charge in [0.2, 0.25) is 0 Å². The van der Waals surface area contributed by atoms with Gasteiger partial charge < -0.3 is 11.1 Å². The van der Waals surface area contributed by atoms with Crippen molar-refractivity contribution in [1.82, 2.24) is 10.3 Å². The Balaban J connectivity index is 2.00. The summed E-state index contributed by atoms with van der Waals surface area (Å²) >= 11 is 4.87. The van der Waals surface area contributed by atoms with E-state index in [1.54, 1.807) is 24.5 Å². The molecule has 5 heteroatoms. The summed E-state index contributed by atoms with van der Waals surface area (Å²) in [6.07, 6.45) is 3.90. The number of hydrogen-bond acceptors (Lipinski definition) is 3. The fourth-order valence-electron chi connectivity index (χ4n) is 1.81. The molecule has 0 bridgehead atoms. The van der Waals surface area contributed by atoms with Crippen LogP contribution in [0.15, 0.2) is 48.8 Å². The van der Waals surface area contributed by atoms with Gasteiger partial charge >= 0.3 is 0 Å². The van der Waals surface area contributed by atoms with Crippen molar-refractivity contribution in [3.8, 4) is 0 Å². The summed E-state index contributed by atoms with van der Waals surface area (Å²) in [5, 5.41) is 2.86. The number of nitrogens with zero attached hydrogens (tertiary/aromatic N) is 1. The second kappa shape index (κ2) is 6.77. The van der Waals surface area contributed by atoms with Crippen LogP contribution in [0.25, 0.3) is 0 Å². The SMILES string of the molecule is NC(=S)Cc1cccc(C(=O)NCc2ccncc2)c1. The van der Waals surface area contributed by atoms with Crippen LogP contribution in [0, 0.1) is 0 Å². The highest BCUT2D eigenvalue weighted by Crippen LogP contribution is 2.07. The van der Waals surface area contributed by atoms with E-state index in [-0.39, 0.29) is 5.91 Å². The molecule has 0 unspecified atom stereocenters. The number of carbonyl (C=O) groups is 1. The molecule has 1 aromatic carbocycles. The third-order valence-corrected chi connectivity index (χ3v) is 2.91. The molecule has 3 N–H and O–H groups in total. The van der Waals surface area contributed by atoms with Crippen LogP contribution in [-0.4, -0.2) is 15.9 Å². The van der Waals surface area contributed by atoms with E-state index in [2.05, 4.69) is 10.3 Å². The lowest BCUT2D eigenvalue weighted by Gasteiger charge is -2.07. The molecule has 1 aromatic heterocycles. The lowest BCUT2D eigenvalue weighted by molar-refractivity contribution is 0.0951. The number of aromatic nitrogens is 1. The number of amides is 1. The first-order valence-corrected chi connectivity index (χ1v) is 6.60. The van der Waals surface area contributed by atoms with Crippen LogP contribution in [0.3, 0.4) is 0 Å². The minimum atomic E-state index is -0.119. The van der Waals surface area contributed by atoms with Crippen molar-refractivity contribution in [1.29, 1.82) is 0 Å². The second-order valence-electron chi connectivity index (χ2n) is 4.38. The highest BCUT2D eigenvalue weighted by atomic mass is 32.1. The molecule has 0 aliphatic rings. The van der Waals surface area contributed by atoms with E-state index in [1.165, 1.54) is 0 Å². The zero-order valence-electron chi connectivity index (χ0n) is 10.9. The van der Waals surface area contributed by atoms with Gasteiger partial charge in [0.25, 0.3) is 5.91 Å². The topological polar surface area (TPSA) is 68.0 Å². The first-order valence-electron chi connectivity index (χ1n) is 6.19. The number of thiocarbonyl (C=S) groups is 1. The Morgan fingerprint density at radius 2 is 1.95 bits per heavy atom.